The molecule has 2 amide bonds. The Bertz CT molecular complexity index is 846. The fraction of sp³-hybridized carbons (Fsp3) is 0.400. The van der Waals surface area contributed by atoms with Crippen LogP contribution in [0.3, 0.4) is 0 Å². The highest BCUT2D eigenvalue weighted by Gasteiger charge is 2.20. The molecule has 1 aliphatic rings. The highest BCUT2D eigenvalue weighted by molar-refractivity contribution is 7.14. The number of anilines is 1. The number of piperazine rings is 1. The molecule has 8 heteroatoms. The van der Waals surface area contributed by atoms with Crippen molar-refractivity contribution in [2.45, 2.75) is 20.3 Å². The molecule has 0 radical (unpaired) electrons. The van der Waals surface area contributed by atoms with Gasteiger partial charge in [0.05, 0.1) is 11.4 Å². The summed E-state index contributed by atoms with van der Waals surface area (Å²) in [4.78, 5) is 30.5. The van der Waals surface area contributed by atoms with E-state index in [1.807, 2.05) is 37.3 Å². The van der Waals surface area contributed by atoms with Gasteiger partial charge in [-0.1, -0.05) is 24.6 Å². The molecule has 1 saturated heterocycles. The largest absolute Gasteiger partial charge is 0.369 e. The maximum atomic E-state index is 12.2. The highest BCUT2D eigenvalue weighted by Crippen LogP contribution is 2.22. The molecule has 0 saturated carbocycles. The number of halogens is 1. The second-order valence-electron chi connectivity index (χ2n) is 6.82. The van der Waals surface area contributed by atoms with Crippen molar-refractivity contribution in [2.75, 3.05) is 37.6 Å². The van der Waals surface area contributed by atoms with E-state index >= 15 is 0 Å². The number of hydrogen-bond acceptors (Lipinski definition) is 5. The Kier molecular flexibility index (Phi) is 6.93. The molecule has 1 fully saturated rings. The lowest BCUT2D eigenvalue weighted by Crippen LogP contribution is -2.51. The highest BCUT2D eigenvalue weighted by atomic mass is 35.5. The van der Waals surface area contributed by atoms with Gasteiger partial charge in [0, 0.05) is 41.8 Å². The number of amides is 2. The van der Waals surface area contributed by atoms with Gasteiger partial charge in [-0.05, 0) is 43.2 Å². The van der Waals surface area contributed by atoms with Gasteiger partial charge in [0.25, 0.3) is 11.8 Å². The monoisotopic (exact) mass is 420 g/mol. The van der Waals surface area contributed by atoms with Crippen LogP contribution in [-0.2, 0) is 11.2 Å². The van der Waals surface area contributed by atoms with E-state index in [1.54, 1.807) is 0 Å². The maximum Gasteiger partial charge on any atom is 0.279 e. The molecule has 3 rings (SSSR count). The number of thiophene rings is 1. The van der Waals surface area contributed by atoms with Crippen molar-refractivity contribution >= 4 is 40.4 Å². The fourth-order valence-corrected chi connectivity index (χ4v) is 4.44. The van der Waals surface area contributed by atoms with Crippen molar-refractivity contribution in [3.05, 3.63) is 50.7 Å². The summed E-state index contributed by atoms with van der Waals surface area (Å²) in [6.45, 7) is 7.52. The summed E-state index contributed by atoms with van der Waals surface area (Å²) >= 11 is 7.53. The molecule has 2 N–H and O–H groups in total. The van der Waals surface area contributed by atoms with Gasteiger partial charge in [0.2, 0.25) is 0 Å². The summed E-state index contributed by atoms with van der Waals surface area (Å²) in [6, 6.07) is 9.66. The van der Waals surface area contributed by atoms with Gasteiger partial charge in [-0.3, -0.25) is 25.3 Å². The summed E-state index contributed by atoms with van der Waals surface area (Å²) in [5.74, 6) is -0.486. The zero-order chi connectivity index (χ0) is 20.1. The molecule has 0 aliphatic carbocycles. The molecule has 1 aromatic carbocycles. The van der Waals surface area contributed by atoms with E-state index in [0.29, 0.717) is 4.88 Å². The summed E-state index contributed by atoms with van der Waals surface area (Å²) in [5, 5.41) is 0.724. The first kappa shape index (κ1) is 20.6. The van der Waals surface area contributed by atoms with Gasteiger partial charge in [-0.2, -0.15) is 0 Å². The van der Waals surface area contributed by atoms with Crippen LogP contribution in [0.1, 0.15) is 27.0 Å². The van der Waals surface area contributed by atoms with Gasteiger partial charge < -0.3 is 4.90 Å². The molecule has 2 aromatic rings. The third-order valence-corrected chi connectivity index (χ3v) is 6.41. The average Bonchev–Trinajstić information content (AvgIpc) is 3.07. The van der Waals surface area contributed by atoms with Crippen LogP contribution in [0.5, 0.6) is 0 Å². The number of nitrogens with zero attached hydrogens (tertiary/aromatic N) is 2. The number of hydrazine groups is 1. The lowest BCUT2D eigenvalue weighted by Gasteiger charge is -2.35. The Hall–Kier alpha value is -2.09. The van der Waals surface area contributed by atoms with Crippen LogP contribution in [-0.4, -0.2) is 49.4 Å². The van der Waals surface area contributed by atoms with E-state index in [4.69, 9.17) is 11.6 Å². The van der Waals surface area contributed by atoms with Crippen molar-refractivity contribution < 1.29 is 9.59 Å². The second-order valence-corrected chi connectivity index (χ2v) is 8.39. The minimum atomic E-state index is -0.271. The van der Waals surface area contributed by atoms with Gasteiger partial charge in [0.1, 0.15) is 0 Å². The summed E-state index contributed by atoms with van der Waals surface area (Å²) in [6.07, 6.45) is 0.900. The molecule has 1 aliphatic heterocycles. The first-order valence-corrected chi connectivity index (χ1v) is 10.6. The van der Waals surface area contributed by atoms with E-state index in [1.165, 1.54) is 16.2 Å². The zero-order valence-electron chi connectivity index (χ0n) is 16.1. The Labute approximate surface area is 174 Å². The smallest absolute Gasteiger partial charge is 0.279 e. The maximum absolute atomic E-state index is 12.2. The minimum Gasteiger partial charge on any atom is -0.369 e. The SMILES string of the molecule is CCc1sc(C(=O)NNC(=O)CN2CCN(c3cccc(Cl)c3)CC2)cc1C. The number of carbonyl (C=O) groups excluding carboxylic acids is 2. The molecule has 1 aromatic heterocycles. The van der Waals surface area contributed by atoms with E-state index in [0.717, 1.165) is 48.9 Å². The number of benzene rings is 1. The molecule has 6 nitrogen and oxygen atoms in total. The van der Waals surface area contributed by atoms with Crippen LogP contribution in [0.2, 0.25) is 5.02 Å². The van der Waals surface area contributed by atoms with Crippen LogP contribution < -0.4 is 15.8 Å². The molecule has 28 heavy (non-hydrogen) atoms. The average molecular weight is 421 g/mol. The quantitative estimate of drug-likeness (QED) is 0.730. The summed E-state index contributed by atoms with van der Waals surface area (Å²) in [7, 11) is 0. The third-order valence-electron chi connectivity index (χ3n) is 4.79. The van der Waals surface area contributed by atoms with Crippen molar-refractivity contribution in [1.82, 2.24) is 15.8 Å². The van der Waals surface area contributed by atoms with E-state index in [2.05, 4.69) is 27.6 Å². The van der Waals surface area contributed by atoms with Crippen LogP contribution in [0.25, 0.3) is 0 Å². The third kappa shape index (κ3) is 5.25. The fourth-order valence-electron chi connectivity index (χ4n) is 3.25. The minimum absolute atomic E-state index is 0.214. The van der Waals surface area contributed by atoms with Crippen molar-refractivity contribution in [3.8, 4) is 0 Å². The molecule has 0 atom stereocenters. The Balaban J connectivity index is 1.42. The zero-order valence-corrected chi connectivity index (χ0v) is 17.7. The number of aryl methyl sites for hydroxylation is 2. The lowest BCUT2D eigenvalue weighted by atomic mass is 10.2. The topological polar surface area (TPSA) is 64.7 Å². The van der Waals surface area contributed by atoms with Gasteiger partial charge in [-0.15, -0.1) is 11.3 Å². The molecule has 2 heterocycles. The van der Waals surface area contributed by atoms with Crippen molar-refractivity contribution in [2.24, 2.45) is 0 Å². The Morgan fingerprint density at radius 2 is 1.89 bits per heavy atom. The van der Waals surface area contributed by atoms with E-state index in [9.17, 15) is 9.59 Å². The number of rotatable bonds is 5. The predicted octanol–water partition coefficient (Wildman–Crippen LogP) is 2.86. The van der Waals surface area contributed by atoms with Gasteiger partial charge in [0.15, 0.2) is 0 Å². The van der Waals surface area contributed by atoms with Crippen LogP contribution in [0, 0.1) is 6.92 Å². The van der Waals surface area contributed by atoms with Crippen LogP contribution >= 0.6 is 22.9 Å². The first-order chi connectivity index (χ1) is 13.5. The molecule has 0 bridgehead atoms. The van der Waals surface area contributed by atoms with Crippen LogP contribution in [0.4, 0.5) is 5.69 Å². The summed E-state index contributed by atoms with van der Waals surface area (Å²) in [5.41, 5.74) is 7.25. The summed E-state index contributed by atoms with van der Waals surface area (Å²) < 4.78 is 0. The number of carbonyl (C=O) groups is 2. The number of hydrogen-bond donors (Lipinski definition) is 2. The molecule has 0 spiro atoms. The molecular weight excluding hydrogens is 396 g/mol. The van der Waals surface area contributed by atoms with Crippen LogP contribution in [0.15, 0.2) is 30.3 Å². The Morgan fingerprint density at radius 1 is 1.14 bits per heavy atom. The second kappa shape index (κ2) is 9.41. The number of nitrogens with one attached hydrogen (secondary N) is 2. The lowest BCUT2D eigenvalue weighted by molar-refractivity contribution is -0.123. The van der Waals surface area contributed by atoms with E-state index in [-0.39, 0.29) is 18.4 Å². The normalized spacial score (nSPS) is 14.8. The van der Waals surface area contributed by atoms with Crippen molar-refractivity contribution in [1.29, 1.82) is 0 Å². The predicted molar refractivity (Wildman–Crippen MR) is 114 cm³/mol. The van der Waals surface area contributed by atoms with Gasteiger partial charge in [-0.25, -0.2) is 0 Å². The van der Waals surface area contributed by atoms with Crippen molar-refractivity contribution in [3.63, 3.8) is 0 Å². The van der Waals surface area contributed by atoms with E-state index < -0.39 is 0 Å². The van der Waals surface area contributed by atoms with Gasteiger partial charge >= 0.3 is 0 Å². The standard InChI is InChI=1S/C20H25ClN4O2S/c1-3-17-14(2)11-18(28-17)20(27)23-22-19(26)13-24-7-9-25(10-8-24)16-6-4-5-15(21)12-16/h4-6,11-12H,3,7-10,13H2,1-2H3,(H,22,26)(H,23,27). The molecule has 0 unspecified atom stereocenters. The Morgan fingerprint density at radius 3 is 2.54 bits per heavy atom. The first-order valence-electron chi connectivity index (χ1n) is 9.37. The molecular formula is C20H25ClN4O2S. The molecule has 150 valence electrons.